The highest BCUT2D eigenvalue weighted by molar-refractivity contribution is 8.02. The van der Waals surface area contributed by atoms with E-state index in [-0.39, 0.29) is 12.2 Å². The van der Waals surface area contributed by atoms with Crippen LogP contribution in [0, 0.1) is 39.9 Å². The van der Waals surface area contributed by atoms with Gasteiger partial charge in [0.1, 0.15) is 6.07 Å². The number of rotatable bonds is 5. The number of carbonyl (C=O) groups is 1. The molecule has 0 heterocycles. The maximum Gasteiger partial charge on any atom is 0.350 e. The molecular formula is C16H17N3O2S. The van der Waals surface area contributed by atoms with Crippen molar-refractivity contribution in [1.29, 1.82) is 15.8 Å². The molecule has 0 saturated carbocycles. The van der Waals surface area contributed by atoms with Crippen LogP contribution in [0.1, 0.15) is 32.6 Å². The van der Waals surface area contributed by atoms with Crippen LogP contribution in [0.4, 0.5) is 0 Å². The Morgan fingerprint density at radius 1 is 1.27 bits per heavy atom. The summed E-state index contributed by atoms with van der Waals surface area (Å²) in [7, 11) is 0. The molecule has 0 N–H and O–H groups in total. The standard InChI is InChI=1S/C16H17N3O2S/c1-3-21-16(20)14(10-19)15(22-2)13-7-5-4-6-12(13)11(8-17)9-18/h11H,3-7H2,1-2H3/b15-14+. The lowest BCUT2D eigenvalue weighted by molar-refractivity contribution is -0.138. The van der Waals surface area contributed by atoms with Crippen LogP contribution in [-0.2, 0) is 9.53 Å². The molecular weight excluding hydrogens is 298 g/mol. The third-order valence-electron chi connectivity index (χ3n) is 3.41. The van der Waals surface area contributed by atoms with Crippen LogP contribution < -0.4 is 0 Å². The zero-order valence-electron chi connectivity index (χ0n) is 12.7. The second kappa shape index (κ2) is 8.93. The number of hydrogen-bond donors (Lipinski definition) is 0. The molecule has 0 aromatic rings. The van der Waals surface area contributed by atoms with Crippen LogP contribution in [0.2, 0.25) is 0 Å². The first kappa shape index (κ1) is 17.8. The first-order chi connectivity index (χ1) is 10.6. The van der Waals surface area contributed by atoms with Gasteiger partial charge in [-0.15, -0.1) is 11.8 Å². The minimum atomic E-state index is -0.834. The number of ether oxygens (including phenoxy) is 1. The molecule has 0 atom stereocenters. The van der Waals surface area contributed by atoms with Crippen LogP contribution in [0.25, 0.3) is 0 Å². The molecule has 0 aromatic carbocycles. The first-order valence-corrected chi connectivity index (χ1v) is 8.24. The van der Waals surface area contributed by atoms with Gasteiger partial charge < -0.3 is 4.74 Å². The fourth-order valence-electron chi connectivity index (χ4n) is 2.46. The van der Waals surface area contributed by atoms with Crippen molar-refractivity contribution in [1.82, 2.24) is 0 Å². The molecule has 1 rings (SSSR count). The summed E-state index contributed by atoms with van der Waals surface area (Å²) >= 11 is 1.29. The van der Waals surface area contributed by atoms with Gasteiger partial charge in [-0.05, 0) is 50.0 Å². The summed E-state index contributed by atoms with van der Waals surface area (Å²) in [5.74, 6) is -1.49. The van der Waals surface area contributed by atoms with Crippen molar-refractivity contribution < 1.29 is 9.53 Å². The number of nitrogens with zero attached hydrogens (tertiary/aromatic N) is 3. The van der Waals surface area contributed by atoms with Crippen LogP contribution >= 0.6 is 11.8 Å². The summed E-state index contributed by atoms with van der Waals surface area (Å²) in [6.07, 6.45) is 4.90. The summed E-state index contributed by atoms with van der Waals surface area (Å²) in [4.78, 5) is 12.5. The molecule has 0 amide bonds. The molecule has 1 aliphatic rings. The van der Waals surface area contributed by atoms with Gasteiger partial charge in [0.15, 0.2) is 11.5 Å². The van der Waals surface area contributed by atoms with Crippen molar-refractivity contribution in [3.63, 3.8) is 0 Å². The van der Waals surface area contributed by atoms with Crippen molar-refractivity contribution in [2.24, 2.45) is 5.92 Å². The summed E-state index contributed by atoms with van der Waals surface area (Å²) in [6, 6.07) is 5.90. The van der Waals surface area contributed by atoms with Gasteiger partial charge in [0, 0.05) is 4.91 Å². The Kier molecular flexibility index (Phi) is 7.23. The second-order valence-electron chi connectivity index (χ2n) is 4.64. The van der Waals surface area contributed by atoms with Gasteiger partial charge in [0.25, 0.3) is 0 Å². The number of esters is 1. The van der Waals surface area contributed by atoms with Gasteiger partial charge in [0.2, 0.25) is 0 Å². The maximum absolute atomic E-state index is 12.0. The number of allylic oxidation sites excluding steroid dienone is 2. The number of thioether (sulfide) groups is 1. The Morgan fingerprint density at radius 3 is 2.41 bits per heavy atom. The van der Waals surface area contributed by atoms with E-state index < -0.39 is 11.9 Å². The highest BCUT2D eigenvalue weighted by atomic mass is 32.2. The van der Waals surface area contributed by atoms with Crippen molar-refractivity contribution in [3.8, 4) is 18.2 Å². The highest BCUT2D eigenvalue weighted by Crippen LogP contribution is 2.39. The minimum absolute atomic E-state index is 0.0432. The van der Waals surface area contributed by atoms with E-state index >= 15 is 0 Å². The smallest absolute Gasteiger partial charge is 0.350 e. The number of carbonyl (C=O) groups excluding carboxylic acids is 1. The van der Waals surface area contributed by atoms with Gasteiger partial charge in [0.05, 0.1) is 18.7 Å². The largest absolute Gasteiger partial charge is 0.462 e. The molecule has 0 fully saturated rings. The monoisotopic (exact) mass is 315 g/mol. The molecule has 6 heteroatoms. The van der Waals surface area contributed by atoms with Crippen molar-refractivity contribution in [3.05, 3.63) is 21.6 Å². The van der Waals surface area contributed by atoms with E-state index in [9.17, 15) is 10.1 Å². The van der Waals surface area contributed by atoms with Crippen LogP contribution in [0.5, 0.6) is 0 Å². The maximum atomic E-state index is 12.0. The zero-order valence-corrected chi connectivity index (χ0v) is 13.5. The lowest BCUT2D eigenvalue weighted by Gasteiger charge is -2.22. The minimum Gasteiger partial charge on any atom is -0.462 e. The predicted molar refractivity (Wildman–Crippen MR) is 83.0 cm³/mol. The van der Waals surface area contributed by atoms with Crippen LogP contribution in [-0.4, -0.2) is 18.8 Å². The molecule has 22 heavy (non-hydrogen) atoms. The van der Waals surface area contributed by atoms with Gasteiger partial charge in [-0.2, -0.15) is 15.8 Å². The Labute approximate surface area is 134 Å². The highest BCUT2D eigenvalue weighted by Gasteiger charge is 2.26. The lowest BCUT2D eigenvalue weighted by Crippen LogP contribution is -2.13. The summed E-state index contributed by atoms with van der Waals surface area (Å²) in [6.45, 7) is 1.87. The topological polar surface area (TPSA) is 97.7 Å². The van der Waals surface area contributed by atoms with Gasteiger partial charge in [-0.3, -0.25) is 0 Å². The fraction of sp³-hybridized carbons (Fsp3) is 0.500. The molecule has 0 aromatic heterocycles. The molecule has 114 valence electrons. The first-order valence-electron chi connectivity index (χ1n) is 7.01. The Morgan fingerprint density at radius 2 is 1.91 bits per heavy atom. The van der Waals surface area contributed by atoms with Crippen LogP contribution in [0.15, 0.2) is 21.6 Å². The third kappa shape index (κ3) is 3.91. The van der Waals surface area contributed by atoms with Gasteiger partial charge in [-0.25, -0.2) is 4.79 Å². The fourth-order valence-corrected chi connectivity index (χ4v) is 3.27. The quantitative estimate of drug-likeness (QED) is 0.439. The van der Waals surface area contributed by atoms with E-state index in [2.05, 4.69) is 0 Å². The van der Waals surface area contributed by atoms with Crippen molar-refractivity contribution in [2.45, 2.75) is 32.6 Å². The molecule has 0 aliphatic heterocycles. The average molecular weight is 315 g/mol. The Balaban J connectivity index is 3.48. The molecule has 0 bridgehead atoms. The van der Waals surface area contributed by atoms with E-state index in [1.54, 1.807) is 13.2 Å². The summed E-state index contributed by atoms with van der Waals surface area (Å²) in [5.41, 5.74) is 1.48. The molecule has 5 nitrogen and oxygen atoms in total. The summed E-state index contributed by atoms with van der Waals surface area (Å²) < 4.78 is 4.93. The molecule has 0 radical (unpaired) electrons. The number of hydrogen-bond acceptors (Lipinski definition) is 6. The van der Waals surface area contributed by atoms with E-state index in [0.29, 0.717) is 17.7 Å². The van der Waals surface area contributed by atoms with E-state index in [4.69, 9.17) is 15.3 Å². The Bertz CT molecular complexity index is 615. The lowest BCUT2D eigenvalue weighted by atomic mass is 9.84. The summed E-state index contributed by atoms with van der Waals surface area (Å²) in [5, 5.41) is 27.6. The van der Waals surface area contributed by atoms with E-state index in [1.807, 2.05) is 18.2 Å². The SMILES string of the molecule is CCOC(=O)/C(C#N)=C(/SC)C1=C(C(C#N)C#N)CCCC1. The molecule has 0 unspecified atom stereocenters. The van der Waals surface area contributed by atoms with Crippen molar-refractivity contribution >= 4 is 17.7 Å². The molecule has 0 spiro atoms. The Hall–Kier alpha value is -2.23. The van der Waals surface area contributed by atoms with E-state index in [1.165, 1.54) is 11.8 Å². The van der Waals surface area contributed by atoms with Crippen LogP contribution in [0.3, 0.4) is 0 Å². The second-order valence-corrected chi connectivity index (χ2v) is 5.46. The van der Waals surface area contributed by atoms with Gasteiger partial charge >= 0.3 is 5.97 Å². The normalized spacial score (nSPS) is 15.5. The predicted octanol–water partition coefficient (Wildman–Crippen LogP) is 3.22. The molecule has 1 aliphatic carbocycles. The zero-order chi connectivity index (χ0) is 16.5. The number of nitriles is 3. The van der Waals surface area contributed by atoms with E-state index in [0.717, 1.165) is 24.0 Å². The van der Waals surface area contributed by atoms with Crippen molar-refractivity contribution in [2.75, 3.05) is 12.9 Å². The third-order valence-corrected chi connectivity index (χ3v) is 4.27. The average Bonchev–Trinajstić information content (AvgIpc) is 2.54. The molecule has 0 saturated heterocycles. The van der Waals surface area contributed by atoms with Gasteiger partial charge in [-0.1, -0.05) is 0 Å².